The summed E-state index contributed by atoms with van der Waals surface area (Å²) in [5.74, 6) is 0.414. The van der Waals surface area contributed by atoms with Crippen molar-refractivity contribution in [3.8, 4) is 5.75 Å². The van der Waals surface area contributed by atoms with Crippen molar-refractivity contribution >= 4 is 5.91 Å². The van der Waals surface area contributed by atoms with E-state index >= 15 is 0 Å². The van der Waals surface area contributed by atoms with Gasteiger partial charge in [0.1, 0.15) is 5.75 Å². The Kier molecular flexibility index (Phi) is 5.79. The third kappa shape index (κ3) is 4.22. The fourth-order valence-electron chi connectivity index (χ4n) is 2.22. The van der Waals surface area contributed by atoms with Crippen LogP contribution in [0.4, 0.5) is 0 Å². The summed E-state index contributed by atoms with van der Waals surface area (Å²) in [6.45, 7) is 2.20. The number of primary amides is 1. The molecule has 5 nitrogen and oxygen atoms in total. The van der Waals surface area contributed by atoms with Crippen LogP contribution in [0.2, 0.25) is 0 Å². The lowest BCUT2D eigenvalue weighted by atomic mass is 9.96. The third-order valence-electron chi connectivity index (χ3n) is 3.19. The van der Waals surface area contributed by atoms with Crippen LogP contribution in [0.5, 0.6) is 5.75 Å². The van der Waals surface area contributed by atoms with Crippen LogP contribution in [0.15, 0.2) is 24.3 Å². The number of amides is 1. The lowest BCUT2D eigenvalue weighted by Crippen LogP contribution is -2.42. The maximum atomic E-state index is 11.1. The van der Waals surface area contributed by atoms with Crippen molar-refractivity contribution in [3.05, 3.63) is 29.8 Å². The van der Waals surface area contributed by atoms with Gasteiger partial charge in [0.2, 0.25) is 5.91 Å². The number of methoxy groups -OCH3 is 1. The van der Waals surface area contributed by atoms with Crippen molar-refractivity contribution in [2.24, 2.45) is 11.5 Å². The van der Waals surface area contributed by atoms with Crippen molar-refractivity contribution in [2.75, 3.05) is 20.7 Å². The molecular formula is C14H23N3O2. The van der Waals surface area contributed by atoms with E-state index in [1.807, 2.05) is 43.1 Å². The molecule has 0 fully saturated rings. The van der Waals surface area contributed by atoms with Gasteiger partial charge in [0.25, 0.3) is 0 Å². The number of hydrogen-bond donors (Lipinski definition) is 2. The number of nitrogens with two attached hydrogens (primary N) is 2. The van der Waals surface area contributed by atoms with E-state index in [2.05, 4.69) is 0 Å². The van der Waals surface area contributed by atoms with Crippen LogP contribution in [0, 0.1) is 0 Å². The number of likely N-dealkylation sites (N-methyl/N-ethyl adjacent to an activating group) is 1. The van der Waals surface area contributed by atoms with E-state index in [9.17, 15) is 4.79 Å². The minimum atomic E-state index is -0.362. The highest BCUT2D eigenvalue weighted by molar-refractivity contribution is 5.75. The first kappa shape index (κ1) is 15.5. The molecule has 0 aromatic heterocycles. The van der Waals surface area contributed by atoms with Crippen LogP contribution >= 0.6 is 0 Å². The normalized spacial score (nSPS) is 14.2. The summed E-state index contributed by atoms with van der Waals surface area (Å²) in [7, 11) is 3.48. The number of carbonyl (C=O) groups is 1. The SMILES string of the molecule is CCC(N)C(c1cccc(OC)c1)N(C)CC(N)=O. The van der Waals surface area contributed by atoms with Crippen molar-refractivity contribution in [1.29, 1.82) is 0 Å². The summed E-state index contributed by atoms with van der Waals surface area (Å²) in [4.78, 5) is 13.0. The molecule has 106 valence electrons. The van der Waals surface area contributed by atoms with E-state index in [4.69, 9.17) is 16.2 Å². The second kappa shape index (κ2) is 7.11. The quantitative estimate of drug-likeness (QED) is 0.767. The summed E-state index contributed by atoms with van der Waals surface area (Å²) in [6.07, 6.45) is 0.810. The van der Waals surface area contributed by atoms with Gasteiger partial charge in [-0.25, -0.2) is 0 Å². The minimum absolute atomic E-state index is 0.0624. The Bertz CT molecular complexity index is 423. The van der Waals surface area contributed by atoms with Gasteiger partial charge in [-0.05, 0) is 31.2 Å². The van der Waals surface area contributed by atoms with Crippen LogP contribution in [-0.2, 0) is 4.79 Å². The Balaban J connectivity index is 3.04. The van der Waals surface area contributed by atoms with Crippen LogP contribution in [0.1, 0.15) is 24.9 Å². The first-order valence-corrected chi connectivity index (χ1v) is 6.37. The molecule has 0 bridgehead atoms. The van der Waals surface area contributed by atoms with E-state index in [0.29, 0.717) is 0 Å². The average molecular weight is 265 g/mol. The van der Waals surface area contributed by atoms with Gasteiger partial charge in [-0.15, -0.1) is 0 Å². The highest BCUT2D eigenvalue weighted by atomic mass is 16.5. The molecule has 4 N–H and O–H groups in total. The van der Waals surface area contributed by atoms with E-state index < -0.39 is 0 Å². The number of benzene rings is 1. The molecule has 0 radical (unpaired) electrons. The van der Waals surface area contributed by atoms with Gasteiger partial charge in [-0.3, -0.25) is 9.69 Å². The summed E-state index contributed by atoms with van der Waals surface area (Å²) in [6, 6.07) is 7.59. The van der Waals surface area contributed by atoms with Crippen molar-refractivity contribution in [2.45, 2.75) is 25.4 Å². The van der Waals surface area contributed by atoms with Gasteiger partial charge in [-0.2, -0.15) is 0 Å². The summed E-state index contributed by atoms with van der Waals surface area (Å²) in [5, 5.41) is 0. The monoisotopic (exact) mass is 265 g/mol. The largest absolute Gasteiger partial charge is 0.497 e. The second-order valence-electron chi connectivity index (χ2n) is 4.67. The molecule has 19 heavy (non-hydrogen) atoms. The molecule has 0 aliphatic carbocycles. The van der Waals surface area contributed by atoms with E-state index in [1.54, 1.807) is 7.11 Å². The van der Waals surface area contributed by atoms with Gasteiger partial charge in [-0.1, -0.05) is 19.1 Å². The number of rotatable bonds is 7. The Labute approximate surface area is 114 Å². The zero-order valence-electron chi connectivity index (χ0n) is 11.8. The highest BCUT2D eigenvalue weighted by Gasteiger charge is 2.24. The zero-order valence-corrected chi connectivity index (χ0v) is 11.8. The Morgan fingerprint density at radius 2 is 2.16 bits per heavy atom. The maximum Gasteiger partial charge on any atom is 0.231 e. The second-order valence-corrected chi connectivity index (χ2v) is 4.67. The smallest absolute Gasteiger partial charge is 0.231 e. The van der Waals surface area contributed by atoms with E-state index in [-0.39, 0.29) is 24.5 Å². The summed E-state index contributed by atoms with van der Waals surface area (Å²) in [5.41, 5.74) is 12.5. The molecule has 0 aliphatic rings. The molecule has 0 heterocycles. The lowest BCUT2D eigenvalue weighted by molar-refractivity contribution is -0.119. The molecule has 5 heteroatoms. The topological polar surface area (TPSA) is 81.6 Å². The number of nitrogens with zero attached hydrogens (tertiary/aromatic N) is 1. The zero-order chi connectivity index (χ0) is 14.4. The van der Waals surface area contributed by atoms with Crippen LogP contribution < -0.4 is 16.2 Å². The van der Waals surface area contributed by atoms with Gasteiger partial charge in [0, 0.05) is 6.04 Å². The maximum absolute atomic E-state index is 11.1. The van der Waals surface area contributed by atoms with E-state index in [0.717, 1.165) is 17.7 Å². The molecule has 2 atom stereocenters. The standard InChI is InChI=1S/C14H23N3O2/c1-4-12(15)14(17(2)9-13(16)18)10-6-5-7-11(8-10)19-3/h5-8,12,14H,4,9,15H2,1-3H3,(H2,16,18). The van der Waals surface area contributed by atoms with Crippen LogP contribution in [-0.4, -0.2) is 37.6 Å². The summed E-state index contributed by atoms with van der Waals surface area (Å²) >= 11 is 0. The fraction of sp³-hybridized carbons (Fsp3) is 0.500. The van der Waals surface area contributed by atoms with Gasteiger partial charge >= 0.3 is 0 Å². The van der Waals surface area contributed by atoms with Crippen molar-refractivity contribution in [3.63, 3.8) is 0 Å². The number of hydrogen-bond acceptors (Lipinski definition) is 4. The predicted molar refractivity (Wildman–Crippen MR) is 75.8 cm³/mol. The Morgan fingerprint density at radius 1 is 1.47 bits per heavy atom. The minimum Gasteiger partial charge on any atom is -0.497 e. The Morgan fingerprint density at radius 3 is 2.68 bits per heavy atom. The molecule has 0 aliphatic heterocycles. The van der Waals surface area contributed by atoms with Crippen molar-refractivity contribution in [1.82, 2.24) is 4.90 Å². The first-order valence-electron chi connectivity index (χ1n) is 6.37. The van der Waals surface area contributed by atoms with Crippen LogP contribution in [0.3, 0.4) is 0 Å². The molecule has 0 spiro atoms. The molecule has 0 saturated carbocycles. The first-order chi connectivity index (χ1) is 8.99. The molecule has 2 unspecified atom stereocenters. The number of carbonyl (C=O) groups excluding carboxylic acids is 1. The van der Waals surface area contributed by atoms with Gasteiger partial charge in [0.15, 0.2) is 0 Å². The highest BCUT2D eigenvalue weighted by Crippen LogP contribution is 2.26. The lowest BCUT2D eigenvalue weighted by Gasteiger charge is -2.32. The van der Waals surface area contributed by atoms with Gasteiger partial charge < -0.3 is 16.2 Å². The van der Waals surface area contributed by atoms with Gasteiger partial charge in [0.05, 0.1) is 19.7 Å². The Hall–Kier alpha value is -1.59. The predicted octanol–water partition coefficient (Wildman–Crippen LogP) is 0.891. The molecule has 1 rings (SSSR count). The van der Waals surface area contributed by atoms with Crippen molar-refractivity contribution < 1.29 is 9.53 Å². The molecule has 1 aromatic rings. The number of ether oxygens (including phenoxy) is 1. The third-order valence-corrected chi connectivity index (χ3v) is 3.19. The molecular weight excluding hydrogens is 242 g/mol. The molecule has 1 amide bonds. The molecule has 1 aromatic carbocycles. The summed E-state index contributed by atoms with van der Waals surface area (Å²) < 4.78 is 5.23. The van der Waals surface area contributed by atoms with Crippen LogP contribution in [0.25, 0.3) is 0 Å². The fourth-order valence-corrected chi connectivity index (χ4v) is 2.22. The molecule has 0 saturated heterocycles. The van der Waals surface area contributed by atoms with E-state index in [1.165, 1.54) is 0 Å². The average Bonchev–Trinajstić information content (AvgIpc) is 2.38.